The molecule has 1 N–H and O–H groups in total. The first-order valence-corrected chi connectivity index (χ1v) is 15.3. The van der Waals surface area contributed by atoms with Crippen LogP contribution < -0.4 is 10.4 Å². The molecule has 0 saturated heterocycles. The predicted molar refractivity (Wildman–Crippen MR) is 188 cm³/mol. The van der Waals surface area contributed by atoms with E-state index in [2.05, 4.69) is 102 Å². The van der Waals surface area contributed by atoms with E-state index in [1.807, 2.05) is 50.2 Å². The largest absolute Gasteiger partial charge is 0.456 e. The van der Waals surface area contributed by atoms with Crippen LogP contribution in [-0.4, -0.2) is 23.8 Å². The molecule has 7 rings (SSSR count). The molecule has 1 heterocycles. The van der Waals surface area contributed by atoms with Gasteiger partial charge in [-0.3, -0.25) is 0 Å². The Morgan fingerprint density at radius 1 is 0.622 bits per heavy atom. The summed E-state index contributed by atoms with van der Waals surface area (Å²) in [5, 5.41) is 15.1. The number of furan rings is 1. The molecule has 4 nitrogen and oxygen atoms in total. The quantitative estimate of drug-likeness (QED) is 0.180. The van der Waals surface area contributed by atoms with Gasteiger partial charge >= 0.3 is 7.48 Å². The molecule has 0 aliphatic heterocycles. The molecule has 5 heteroatoms. The molecule has 1 radical (unpaired) electrons. The Morgan fingerprint density at radius 2 is 1.22 bits per heavy atom. The number of nitrogens with zero attached hydrogens (tertiary/aromatic N) is 1. The summed E-state index contributed by atoms with van der Waals surface area (Å²) in [4.78, 5) is 2.28. The van der Waals surface area contributed by atoms with Crippen LogP contribution in [-0.2, 0) is 4.65 Å². The minimum Gasteiger partial charge on any atom is -0.456 e. The van der Waals surface area contributed by atoms with Gasteiger partial charge in [0.25, 0.3) is 0 Å². The van der Waals surface area contributed by atoms with Gasteiger partial charge in [0.1, 0.15) is 11.2 Å². The van der Waals surface area contributed by atoms with Crippen LogP contribution in [0, 0.1) is 0 Å². The van der Waals surface area contributed by atoms with Crippen molar-refractivity contribution in [3.63, 3.8) is 0 Å². The van der Waals surface area contributed by atoms with E-state index in [0.717, 1.165) is 44.5 Å². The third-order valence-electron chi connectivity index (χ3n) is 8.96. The maximum absolute atomic E-state index is 10.5. The lowest BCUT2D eigenvalue weighted by atomic mass is 9.82. The lowest BCUT2D eigenvalue weighted by molar-refractivity contribution is -0.0893. The summed E-state index contributed by atoms with van der Waals surface area (Å²) in [6.07, 6.45) is 0. The first-order chi connectivity index (χ1) is 21.7. The SMILES string of the molecule is CC(C)(O)C(C)(C)O[B]c1ccc(N(c2ccc(-c3cccc4ccccc34)cc2)c2cccc3oc4ccccc4c23)cc1. The van der Waals surface area contributed by atoms with Gasteiger partial charge in [-0.15, -0.1) is 0 Å². The van der Waals surface area contributed by atoms with Crippen molar-refractivity contribution in [2.24, 2.45) is 0 Å². The summed E-state index contributed by atoms with van der Waals surface area (Å²) in [7, 11) is 1.72. The van der Waals surface area contributed by atoms with E-state index in [9.17, 15) is 5.11 Å². The van der Waals surface area contributed by atoms with E-state index in [1.165, 1.54) is 21.9 Å². The predicted octanol–water partition coefficient (Wildman–Crippen LogP) is 9.69. The smallest absolute Gasteiger partial charge is 0.330 e. The maximum Gasteiger partial charge on any atom is 0.330 e. The van der Waals surface area contributed by atoms with Crippen molar-refractivity contribution >= 4 is 62.7 Å². The molecule has 0 aliphatic carbocycles. The summed E-state index contributed by atoms with van der Waals surface area (Å²) < 4.78 is 12.3. The van der Waals surface area contributed by atoms with Gasteiger partial charge in [0.2, 0.25) is 0 Å². The average molecular weight is 589 g/mol. The highest BCUT2D eigenvalue weighted by Crippen LogP contribution is 2.43. The van der Waals surface area contributed by atoms with Gasteiger partial charge in [-0.1, -0.05) is 96.5 Å². The molecule has 1 aromatic heterocycles. The van der Waals surface area contributed by atoms with Gasteiger partial charge in [0.05, 0.1) is 22.3 Å². The van der Waals surface area contributed by atoms with E-state index in [-0.39, 0.29) is 0 Å². The number of aliphatic hydroxyl groups is 1. The lowest BCUT2D eigenvalue weighted by Gasteiger charge is -2.37. The normalized spacial score (nSPS) is 12.2. The highest BCUT2D eigenvalue weighted by atomic mass is 16.5. The molecule has 221 valence electrons. The topological polar surface area (TPSA) is 45.8 Å². The fourth-order valence-electron chi connectivity index (χ4n) is 5.70. The number of anilines is 3. The van der Waals surface area contributed by atoms with Crippen LogP contribution in [0.5, 0.6) is 0 Å². The summed E-state index contributed by atoms with van der Waals surface area (Å²) >= 11 is 0. The van der Waals surface area contributed by atoms with Crippen molar-refractivity contribution in [1.82, 2.24) is 0 Å². The second kappa shape index (κ2) is 11.3. The van der Waals surface area contributed by atoms with E-state index in [4.69, 9.17) is 9.07 Å². The third kappa shape index (κ3) is 5.39. The third-order valence-corrected chi connectivity index (χ3v) is 8.96. The number of rotatable bonds is 8. The Morgan fingerprint density at radius 3 is 1.96 bits per heavy atom. The molecule has 0 spiro atoms. The molecule has 0 aliphatic rings. The summed E-state index contributed by atoms with van der Waals surface area (Å²) in [6, 6.07) is 46.5. The standard InChI is InChI=1S/C40H35BNO3/c1-39(2,43)40(3,4)45-41-29-21-25-31(26-22-29)42(35-16-10-18-37-38(35)34-14-7-8-17-36(34)44-37)30-23-19-28(20-24-30)33-15-9-12-27-11-5-6-13-32(27)33/h5-26,43H,1-4H3. The number of hydrogen-bond acceptors (Lipinski definition) is 4. The fraction of sp³-hybridized carbons (Fsp3) is 0.150. The Balaban J connectivity index is 1.32. The van der Waals surface area contributed by atoms with Gasteiger partial charge in [0, 0.05) is 16.8 Å². The van der Waals surface area contributed by atoms with Crippen molar-refractivity contribution in [2.75, 3.05) is 4.90 Å². The molecule has 0 amide bonds. The van der Waals surface area contributed by atoms with E-state index in [1.54, 1.807) is 21.3 Å². The van der Waals surface area contributed by atoms with Crippen LogP contribution in [0.25, 0.3) is 43.8 Å². The van der Waals surface area contributed by atoms with Crippen molar-refractivity contribution in [3.8, 4) is 11.1 Å². The average Bonchev–Trinajstić information content (AvgIpc) is 3.44. The van der Waals surface area contributed by atoms with Crippen LogP contribution >= 0.6 is 0 Å². The molecule has 7 aromatic rings. The van der Waals surface area contributed by atoms with Crippen LogP contribution in [0.15, 0.2) is 138 Å². The first kappa shape index (κ1) is 28.9. The summed E-state index contributed by atoms with van der Waals surface area (Å²) in [5.74, 6) is 0. The molecular weight excluding hydrogens is 553 g/mol. The number of para-hydroxylation sites is 1. The van der Waals surface area contributed by atoms with Crippen LogP contribution in [0.3, 0.4) is 0 Å². The van der Waals surface area contributed by atoms with Gasteiger partial charge < -0.3 is 19.1 Å². The van der Waals surface area contributed by atoms with E-state index in [0.29, 0.717) is 0 Å². The highest BCUT2D eigenvalue weighted by molar-refractivity contribution is 6.47. The van der Waals surface area contributed by atoms with Gasteiger partial charge in [-0.05, 0) is 92.1 Å². The Bertz CT molecular complexity index is 2120. The van der Waals surface area contributed by atoms with Crippen LogP contribution in [0.2, 0.25) is 0 Å². The highest BCUT2D eigenvalue weighted by Gasteiger charge is 2.35. The molecule has 0 unspecified atom stereocenters. The summed E-state index contributed by atoms with van der Waals surface area (Å²) in [5.41, 5.74) is 6.33. The van der Waals surface area contributed by atoms with Gasteiger partial charge in [-0.2, -0.15) is 0 Å². The van der Waals surface area contributed by atoms with Crippen molar-refractivity contribution in [2.45, 2.75) is 38.9 Å². The zero-order valence-corrected chi connectivity index (χ0v) is 26.0. The summed E-state index contributed by atoms with van der Waals surface area (Å²) in [6.45, 7) is 7.29. The molecule has 0 atom stereocenters. The Labute approximate surface area is 264 Å². The minimum atomic E-state index is -0.996. The first-order valence-electron chi connectivity index (χ1n) is 15.3. The molecule has 0 fully saturated rings. The van der Waals surface area contributed by atoms with E-state index >= 15 is 0 Å². The maximum atomic E-state index is 10.5. The Hall–Kier alpha value is -4.84. The van der Waals surface area contributed by atoms with Crippen LogP contribution in [0.1, 0.15) is 27.7 Å². The second-order valence-corrected chi connectivity index (χ2v) is 12.6. The number of benzene rings is 6. The molecule has 45 heavy (non-hydrogen) atoms. The second-order valence-electron chi connectivity index (χ2n) is 12.6. The molecule has 6 aromatic carbocycles. The van der Waals surface area contributed by atoms with Crippen LogP contribution in [0.4, 0.5) is 17.1 Å². The monoisotopic (exact) mass is 588 g/mol. The Kier molecular flexibility index (Phi) is 7.24. The van der Waals surface area contributed by atoms with Gasteiger partial charge in [0.15, 0.2) is 0 Å². The zero-order chi connectivity index (χ0) is 31.2. The minimum absolute atomic E-state index is 0.748. The fourth-order valence-corrected chi connectivity index (χ4v) is 5.70. The molecule has 0 bridgehead atoms. The zero-order valence-electron chi connectivity index (χ0n) is 26.0. The molecule has 0 saturated carbocycles. The van der Waals surface area contributed by atoms with E-state index < -0.39 is 11.2 Å². The van der Waals surface area contributed by atoms with Gasteiger partial charge in [-0.25, -0.2) is 0 Å². The molecular formula is C40H35BNO3. The number of fused-ring (bicyclic) bond motifs is 4. The van der Waals surface area contributed by atoms with Crippen molar-refractivity contribution < 1.29 is 14.2 Å². The number of hydrogen-bond donors (Lipinski definition) is 1. The lowest BCUT2D eigenvalue weighted by Crippen LogP contribution is -2.49. The van der Waals surface area contributed by atoms with Crippen molar-refractivity contribution in [3.05, 3.63) is 133 Å². The van der Waals surface area contributed by atoms with Crippen molar-refractivity contribution in [1.29, 1.82) is 0 Å².